The SMILES string of the molecule is Cc1ccc(C2=NOC3COS(=O)(=O)C23)cc1. The summed E-state index contributed by atoms with van der Waals surface area (Å²) in [5.41, 5.74) is 2.31. The molecule has 0 spiro atoms. The van der Waals surface area contributed by atoms with Crippen molar-refractivity contribution in [1.82, 2.24) is 0 Å². The van der Waals surface area contributed by atoms with Crippen molar-refractivity contribution in [2.45, 2.75) is 18.3 Å². The second kappa shape index (κ2) is 3.54. The maximum Gasteiger partial charge on any atom is 0.280 e. The summed E-state index contributed by atoms with van der Waals surface area (Å²) in [7, 11) is -3.59. The lowest BCUT2D eigenvalue weighted by molar-refractivity contribution is 0.0683. The molecular weight excluding hydrogens is 242 g/mol. The normalized spacial score (nSPS) is 29.6. The third-order valence-corrected chi connectivity index (χ3v) is 4.56. The van der Waals surface area contributed by atoms with Gasteiger partial charge < -0.3 is 4.84 Å². The molecule has 0 aromatic heterocycles. The lowest BCUT2D eigenvalue weighted by Crippen LogP contribution is -2.31. The summed E-state index contributed by atoms with van der Waals surface area (Å²) in [6, 6.07) is 7.50. The number of rotatable bonds is 1. The fraction of sp³-hybridized carbons (Fsp3) is 0.364. The molecule has 0 amide bonds. The lowest BCUT2D eigenvalue weighted by atomic mass is 10.0. The standard InChI is InChI=1S/C11H11NO4S/c1-7-2-4-8(5-3-7)10-11-9(16-12-10)6-15-17(11,13)14/h2-5,9,11H,6H2,1H3. The van der Waals surface area contributed by atoms with E-state index in [-0.39, 0.29) is 6.61 Å². The molecule has 2 aliphatic heterocycles. The number of hydrogen-bond acceptors (Lipinski definition) is 5. The third-order valence-electron chi connectivity index (χ3n) is 2.95. The smallest absolute Gasteiger partial charge is 0.280 e. The molecule has 17 heavy (non-hydrogen) atoms. The zero-order chi connectivity index (χ0) is 12.0. The number of nitrogens with zero attached hydrogens (tertiary/aromatic N) is 1. The first kappa shape index (κ1) is 10.7. The fourth-order valence-electron chi connectivity index (χ4n) is 2.02. The van der Waals surface area contributed by atoms with Gasteiger partial charge in [-0.25, -0.2) is 0 Å². The van der Waals surface area contributed by atoms with Crippen LogP contribution in [0.2, 0.25) is 0 Å². The summed E-state index contributed by atoms with van der Waals surface area (Å²) < 4.78 is 28.2. The molecule has 6 heteroatoms. The highest BCUT2D eigenvalue weighted by Gasteiger charge is 2.51. The number of aryl methyl sites for hydroxylation is 1. The molecule has 2 unspecified atom stereocenters. The molecular formula is C11H11NO4S. The van der Waals surface area contributed by atoms with Gasteiger partial charge in [-0.05, 0) is 6.92 Å². The Morgan fingerprint density at radius 1 is 1.29 bits per heavy atom. The molecule has 2 aliphatic rings. The maximum atomic E-state index is 11.7. The number of hydrogen-bond donors (Lipinski definition) is 0. The number of fused-ring (bicyclic) bond motifs is 1. The molecule has 0 bridgehead atoms. The van der Waals surface area contributed by atoms with Gasteiger partial charge in [0, 0.05) is 5.56 Å². The quantitative estimate of drug-likeness (QED) is 0.695. The van der Waals surface area contributed by atoms with E-state index in [1.165, 1.54) is 0 Å². The highest BCUT2D eigenvalue weighted by Crippen LogP contribution is 2.30. The van der Waals surface area contributed by atoms with Gasteiger partial charge in [-0.3, -0.25) is 4.18 Å². The second-order valence-corrected chi connectivity index (χ2v) is 5.91. The van der Waals surface area contributed by atoms with E-state index in [0.717, 1.165) is 11.1 Å². The summed E-state index contributed by atoms with van der Waals surface area (Å²) >= 11 is 0. The van der Waals surface area contributed by atoms with E-state index in [4.69, 9.17) is 9.02 Å². The van der Waals surface area contributed by atoms with E-state index in [1.54, 1.807) is 0 Å². The minimum absolute atomic E-state index is 0.0475. The molecule has 1 aromatic carbocycles. The Morgan fingerprint density at radius 3 is 2.71 bits per heavy atom. The van der Waals surface area contributed by atoms with E-state index in [0.29, 0.717) is 5.71 Å². The molecule has 90 valence electrons. The van der Waals surface area contributed by atoms with Crippen LogP contribution in [0.15, 0.2) is 29.4 Å². The van der Waals surface area contributed by atoms with Gasteiger partial charge in [-0.1, -0.05) is 35.0 Å². The molecule has 5 nitrogen and oxygen atoms in total. The monoisotopic (exact) mass is 253 g/mol. The Morgan fingerprint density at radius 2 is 2.00 bits per heavy atom. The first-order chi connectivity index (χ1) is 8.08. The minimum atomic E-state index is -3.59. The molecule has 1 fully saturated rings. The summed E-state index contributed by atoms with van der Waals surface area (Å²) in [5.74, 6) is 0. The van der Waals surface area contributed by atoms with Crippen molar-refractivity contribution in [3.63, 3.8) is 0 Å². The van der Waals surface area contributed by atoms with Gasteiger partial charge in [-0.2, -0.15) is 8.42 Å². The lowest BCUT2D eigenvalue weighted by Gasteiger charge is -2.06. The zero-order valence-corrected chi connectivity index (χ0v) is 9.98. The van der Waals surface area contributed by atoms with E-state index in [1.807, 2.05) is 31.2 Å². The molecule has 0 radical (unpaired) electrons. The van der Waals surface area contributed by atoms with Crippen LogP contribution in [0.3, 0.4) is 0 Å². The Labute approximate surface area is 99.2 Å². The van der Waals surface area contributed by atoms with Crippen molar-refractivity contribution in [1.29, 1.82) is 0 Å². The van der Waals surface area contributed by atoms with Crippen molar-refractivity contribution in [2.75, 3.05) is 6.61 Å². The topological polar surface area (TPSA) is 65.0 Å². The molecule has 2 atom stereocenters. The van der Waals surface area contributed by atoms with Crippen LogP contribution in [0.4, 0.5) is 0 Å². The first-order valence-corrected chi connectivity index (χ1v) is 6.74. The van der Waals surface area contributed by atoms with E-state index < -0.39 is 21.5 Å². The summed E-state index contributed by atoms with van der Waals surface area (Å²) in [6.45, 7) is 2.01. The average molecular weight is 253 g/mol. The number of oxime groups is 1. The zero-order valence-electron chi connectivity index (χ0n) is 9.16. The van der Waals surface area contributed by atoms with Crippen molar-refractivity contribution in [2.24, 2.45) is 5.16 Å². The predicted octanol–water partition coefficient (Wildman–Crippen LogP) is 0.827. The van der Waals surface area contributed by atoms with Crippen molar-refractivity contribution in [3.05, 3.63) is 35.4 Å². The third kappa shape index (κ3) is 1.64. The van der Waals surface area contributed by atoms with Crippen LogP contribution in [0.5, 0.6) is 0 Å². The van der Waals surface area contributed by atoms with Crippen molar-refractivity contribution in [3.8, 4) is 0 Å². The van der Waals surface area contributed by atoms with Gasteiger partial charge in [0.2, 0.25) is 0 Å². The van der Waals surface area contributed by atoms with Crippen molar-refractivity contribution < 1.29 is 17.4 Å². The minimum Gasteiger partial charge on any atom is -0.388 e. The van der Waals surface area contributed by atoms with Crippen LogP contribution in [-0.2, 0) is 19.1 Å². The fourth-order valence-corrected chi connectivity index (χ4v) is 3.45. The molecule has 0 aliphatic carbocycles. The van der Waals surface area contributed by atoms with Crippen LogP contribution in [0.25, 0.3) is 0 Å². The molecule has 3 rings (SSSR count). The van der Waals surface area contributed by atoms with Gasteiger partial charge in [0.25, 0.3) is 10.1 Å². The number of benzene rings is 1. The van der Waals surface area contributed by atoms with Crippen LogP contribution in [-0.4, -0.2) is 32.1 Å². The van der Waals surface area contributed by atoms with Crippen LogP contribution >= 0.6 is 0 Å². The highest BCUT2D eigenvalue weighted by molar-refractivity contribution is 7.88. The van der Waals surface area contributed by atoms with E-state index in [9.17, 15) is 8.42 Å². The van der Waals surface area contributed by atoms with Gasteiger partial charge in [0.1, 0.15) is 12.3 Å². The second-order valence-electron chi connectivity index (χ2n) is 4.18. The first-order valence-electron chi connectivity index (χ1n) is 5.27. The Bertz CT molecular complexity index is 576. The predicted molar refractivity (Wildman–Crippen MR) is 61.2 cm³/mol. The molecule has 2 heterocycles. The Hall–Kier alpha value is -1.40. The average Bonchev–Trinajstić information content (AvgIpc) is 2.83. The molecule has 0 saturated carbocycles. The summed E-state index contributed by atoms with van der Waals surface area (Å²) in [4.78, 5) is 5.09. The van der Waals surface area contributed by atoms with Gasteiger partial charge in [0.15, 0.2) is 11.4 Å². The van der Waals surface area contributed by atoms with Crippen LogP contribution in [0, 0.1) is 6.92 Å². The Kier molecular flexibility index (Phi) is 2.24. The highest BCUT2D eigenvalue weighted by atomic mass is 32.2. The van der Waals surface area contributed by atoms with Gasteiger partial charge in [0.05, 0.1) is 0 Å². The van der Waals surface area contributed by atoms with E-state index >= 15 is 0 Å². The van der Waals surface area contributed by atoms with Crippen LogP contribution in [0.1, 0.15) is 11.1 Å². The maximum absolute atomic E-state index is 11.7. The van der Waals surface area contributed by atoms with Crippen LogP contribution < -0.4 is 0 Å². The Balaban J connectivity index is 2.02. The molecule has 0 N–H and O–H groups in total. The van der Waals surface area contributed by atoms with Gasteiger partial charge in [-0.15, -0.1) is 0 Å². The molecule has 1 aromatic rings. The molecule has 1 saturated heterocycles. The van der Waals surface area contributed by atoms with Crippen molar-refractivity contribution >= 4 is 15.8 Å². The van der Waals surface area contributed by atoms with Gasteiger partial charge >= 0.3 is 0 Å². The largest absolute Gasteiger partial charge is 0.388 e. The van der Waals surface area contributed by atoms with E-state index in [2.05, 4.69) is 5.16 Å². The summed E-state index contributed by atoms with van der Waals surface area (Å²) in [6.07, 6.45) is -0.503. The summed E-state index contributed by atoms with van der Waals surface area (Å²) in [5, 5.41) is 3.09.